The summed E-state index contributed by atoms with van der Waals surface area (Å²) in [6, 6.07) is -0.245. The lowest BCUT2D eigenvalue weighted by atomic mass is 10.1. The van der Waals surface area contributed by atoms with Crippen molar-refractivity contribution >= 4 is 11.8 Å². The topological polar surface area (TPSA) is 68.1 Å². The first kappa shape index (κ1) is 4.93. The highest BCUT2D eigenvalue weighted by atomic mass is 16.2. The van der Waals surface area contributed by atoms with Crippen LogP contribution in [0.2, 0.25) is 0 Å². The Morgan fingerprint density at radius 3 is 2.33 bits per heavy atom. The van der Waals surface area contributed by atoms with Gasteiger partial charge < -0.3 is 0 Å². The molecular weight excluding hydrogens is 120 g/mol. The molecule has 2 atom stereocenters. The minimum Gasteiger partial charge on any atom is -0.293 e. The molecule has 2 saturated heterocycles. The summed E-state index contributed by atoms with van der Waals surface area (Å²) < 4.78 is 0. The lowest BCUT2D eigenvalue weighted by molar-refractivity contribution is -0.127. The lowest BCUT2D eigenvalue weighted by Crippen LogP contribution is -2.35. The predicted octanol–water partition coefficient (Wildman–Crippen LogP) is -1.63. The average Bonchev–Trinajstić information content (AvgIpc) is 2.38. The first-order valence-corrected chi connectivity index (χ1v) is 2.77. The van der Waals surface area contributed by atoms with Gasteiger partial charge in [-0.1, -0.05) is 0 Å². The fourth-order valence-corrected chi connectivity index (χ4v) is 1.10. The molecular formula is C5H6N2O2. The number of rotatable bonds is 0. The van der Waals surface area contributed by atoms with Gasteiger partial charge >= 0.3 is 0 Å². The molecule has 48 valence electrons. The van der Waals surface area contributed by atoms with Gasteiger partial charge in [0.1, 0.15) is 11.6 Å². The van der Waals surface area contributed by atoms with E-state index in [1.165, 1.54) is 0 Å². The Hall–Kier alpha value is -0.900. The summed E-state index contributed by atoms with van der Waals surface area (Å²) in [7, 11) is 0. The number of hydrogen-bond acceptors (Lipinski definition) is 3. The molecule has 0 aromatic carbocycles. The zero-order valence-electron chi connectivity index (χ0n) is 4.89. The highest BCUT2D eigenvalue weighted by molar-refractivity contribution is 6.16. The van der Waals surface area contributed by atoms with Gasteiger partial charge in [-0.3, -0.25) is 20.2 Å². The molecule has 0 aromatic rings. The number of piperazine rings is 1. The molecule has 2 aliphatic heterocycles. The average molecular weight is 126 g/mol. The summed E-state index contributed by atoms with van der Waals surface area (Å²) in [6.07, 6.45) is 0. The number of carbonyl (C=O) groups is 2. The van der Waals surface area contributed by atoms with E-state index >= 15 is 0 Å². The van der Waals surface area contributed by atoms with Gasteiger partial charge in [0, 0.05) is 0 Å². The second kappa shape index (κ2) is 1.02. The molecule has 2 unspecified atom stereocenters. The standard InChI is InChI=1S/C5H6N2O2/c1-5-2(7-5)3(8)6-4(5)9/h2,7H,1H3,(H,6,8,9). The quantitative estimate of drug-likeness (QED) is 0.302. The van der Waals surface area contributed by atoms with Gasteiger partial charge in [-0.2, -0.15) is 0 Å². The number of amides is 2. The van der Waals surface area contributed by atoms with Crippen LogP contribution in [0.15, 0.2) is 0 Å². The predicted molar refractivity (Wildman–Crippen MR) is 28.5 cm³/mol. The van der Waals surface area contributed by atoms with E-state index in [1.54, 1.807) is 6.92 Å². The van der Waals surface area contributed by atoms with Crippen LogP contribution < -0.4 is 10.6 Å². The minimum absolute atomic E-state index is 0.192. The normalized spacial score (nSPS) is 46.6. The molecule has 4 nitrogen and oxygen atoms in total. The molecule has 0 saturated carbocycles. The van der Waals surface area contributed by atoms with Crippen molar-refractivity contribution in [1.82, 2.24) is 10.6 Å². The maximum absolute atomic E-state index is 10.8. The van der Waals surface area contributed by atoms with Gasteiger partial charge in [0.2, 0.25) is 11.8 Å². The first-order valence-electron chi connectivity index (χ1n) is 2.77. The summed E-state index contributed by atoms with van der Waals surface area (Å²) in [4.78, 5) is 21.4. The highest BCUT2D eigenvalue weighted by Crippen LogP contribution is 2.30. The molecule has 2 aliphatic rings. The molecule has 0 spiro atoms. The molecule has 0 bridgehead atoms. The van der Waals surface area contributed by atoms with E-state index < -0.39 is 5.54 Å². The zero-order valence-corrected chi connectivity index (χ0v) is 4.89. The van der Waals surface area contributed by atoms with Gasteiger partial charge in [-0.05, 0) is 6.92 Å². The summed E-state index contributed by atoms with van der Waals surface area (Å²) in [5.74, 6) is -0.389. The van der Waals surface area contributed by atoms with Gasteiger partial charge in [0.15, 0.2) is 0 Å². The number of nitrogens with one attached hydrogen (secondary N) is 2. The minimum atomic E-state index is -0.558. The fraction of sp³-hybridized carbons (Fsp3) is 0.600. The highest BCUT2D eigenvalue weighted by Gasteiger charge is 2.65. The summed E-state index contributed by atoms with van der Waals surface area (Å²) >= 11 is 0. The van der Waals surface area contributed by atoms with Crippen molar-refractivity contribution in [3.8, 4) is 0 Å². The number of fused-ring (bicyclic) bond motifs is 1. The van der Waals surface area contributed by atoms with Gasteiger partial charge in [-0.15, -0.1) is 0 Å². The summed E-state index contributed by atoms with van der Waals surface area (Å²) in [6.45, 7) is 1.72. The fourth-order valence-electron chi connectivity index (χ4n) is 1.10. The van der Waals surface area contributed by atoms with Crippen LogP contribution in [-0.2, 0) is 9.59 Å². The van der Waals surface area contributed by atoms with Gasteiger partial charge in [0.05, 0.1) is 0 Å². The Labute approximate surface area is 51.6 Å². The third kappa shape index (κ3) is 0.378. The maximum atomic E-state index is 10.8. The van der Waals surface area contributed by atoms with Crippen molar-refractivity contribution < 1.29 is 9.59 Å². The van der Waals surface area contributed by atoms with Crippen LogP contribution in [0.3, 0.4) is 0 Å². The van der Waals surface area contributed by atoms with Crippen molar-refractivity contribution in [3.63, 3.8) is 0 Å². The molecule has 0 aromatic heterocycles. The van der Waals surface area contributed by atoms with E-state index in [1.807, 2.05) is 0 Å². The van der Waals surface area contributed by atoms with E-state index in [2.05, 4.69) is 10.6 Å². The van der Waals surface area contributed by atoms with E-state index in [9.17, 15) is 9.59 Å². The summed E-state index contributed by atoms with van der Waals surface area (Å²) in [5.41, 5.74) is -0.558. The Morgan fingerprint density at radius 1 is 1.56 bits per heavy atom. The van der Waals surface area contributed by atoms with Gasteiger partial charge in [0.25, 0.3) is 0 Å². The SMILES string of the molecule is CC12NC1C(=O)NC2=O. The molecule has 4 heteroatoms. The van der Waals surface area contributed by atoms with Crippen molar-refractivity contribution in [1.29, 1.82) is 0 Å². The number of imide groups is 1. The maximum Gasteiger partial charge on any atom is 0.248 e. The number of carbonyl (C=O) groups excluding carboxylic acids is 2. The van der Waals surface area contributed by atoms with Crippen LogP contribution in [0.1, 0.15) is 6.92 Å². The molecule has 2 amide bonds. The molecule has 0 radical (unpaired) electrons. The second-order valence-electron chi connectivity index (χ2n) is 2.60. The van der Waals surface area contributed by atoms with Gasteiger partial charge in [-0.25, -0.2) is 0 Å². The molecule has 0 aliphatic carbocycles. The van der Waals surface area contributed by atoms with Crippen LogP contribution in [0.25, 0.3) is 0 Å². The molecule has 2 heterocycles. The van der Waals surface area contributed by atoms with E-state index in [4.69, 9.17) is 0 Å². The van der Waals surface area contributed by atoms with Crippen molar-refractivity contribution in [2.45, 2.75) is 18.5 Å². The zero-order chi connectivity index (χ0) is 6.65. The Bertz CT molecular complexity index is 213. The van der Waals surface area contributed by atoms with Crippen LogP contribution >= 0.6 is 0 Å². The van der Waals surface area contributed by atoms with E-state index in [0.717, 1.165) is 0 Å². The monoisotopic (exact) mass is 126 g/mol. The molecule has 2 fully saturated rings. The third-order valence-electron chi connectivity index (χ3n) is 1.91. The van der Waals surface area contributed by atoms with Crippen molar-refractivity contribution in [2.75, 3.05) is 0 Å². The smallest absolute Gasteiger partial charge is 0.248 e. The van der Waals surface area contributed by atoms with Crippen LogP contribution in [0, 0.1) is 0 Å². The molecule has 9 heavy (non-hydrogen) atoms. The van der Waals surface area contributed by atoms with E-state index in [0.29, 0.717) is 0 Å². The Kier molecular flexibility index (Phi) is 0.558. The largest absolute Gasteiger partial charge is 0.293 e. The van der Waals surface area contributed by atoms with Crippen LogP contribution in [0.4, 0.5) is 0 Å². The van der Waals surface area contributed by atoms with Crippen molar-refractivity contribution in [2.24, 2.45) is 0 Å². The first-order chi connectivity index (χ1) is 4.14. The lowest BCUT2D eigenvalue weighted by Gasteiger charge is -1.96. The molecule has 2 rings (SSSR count). The van der Waals surface area contributed by atoms with E-state index in [-0.39, 0.29) is 17.9 Å². The van der Waals surface area contributed by atoms with Crippen molar-refractivity contribution in [3.05, 3.63) is 0 Å². The Balaban J connectivity index is 2.38. The second-order valence-corrected chi connectivity index (χ2v) is 2.60. The number of hydrogen-bond donors (Lipinski definition) is 2. The summed E-state index contributed by atoms with van der Waals surface area (Å²) in [5, 5.41) is 5.00. The Morgan fingerprint density at radius 2 is 2.22 bits per heavy atom. The molecule has 2 N–H and O–H groups in total. The van der Waals surface area contributed by atoms with Crippen LogP contribution in [-0.4, -0.2) is 23.4 Å². The third-order valence-corrected chi connectivity index (χ3v) is 1.91. The van der Waals surface area contributed by atoms with Crippen LogP contribution in [0.5, 0.6) is 0 Å².